The van der Waals surface area contributed by atoms with Crippen molar-refractivity contribution in [3.8, 4) is 0 Å². The minimum absolute atomic E-state index is 0.343. The topological polar surface area (TPSA) is 47.1 Å². The first-order chi connectivity index (χ1) is 10.3. The van der Waals surface area contributed by atoms with E-state index in [1.165, 1.54) is 4.31 Å². The summed E-state index contributed by atoms with van der Waals surface area (Å²) in [6.07, 6.45) is 0. The first kappa shape index (κ1) is 19.8. The molecule has 0 aliphatic carbocycles. The average Bonchev–Trinajstić information content (AvgIpc) is 2.50. The molecule has 7 heteroatoms. The van der Waals surface area contributed by atoms with Crippen molar-refractivity contribution in [2.45, 2.75) is 26.0 Å². The molecule has 132 valence electrons. The molecule has 0 aromatic heterocycles. The molecule has 1 fully saturated rings. The Morgan fingerprint density at radius 1 is 0.955 bits per heavy atom. The van der Waals surface area contributed by atoms with Crippen LogP contribution in [0.2, 0.25) is 0 Å². The van der Waals surface area contributed by atoms with Crippen LogP contribution in [-0.4, -0.2) is 106 Å². The van der Waals surface area contributed by atoms with Gasteiger partial charge in [-0.05, 0) is 27.4 Å². The number of likely N-dealkylation sites (N-methyl/N-ethyl adjacent to an activating group) is 2. The van der Waals surface area contributed by atoms with Crippen LogP contribution in [0.25, 0.3) is 0 Å². The van der Waals surface area contributed by atoms with E-state index in [0.29, 0.717) is 6.54 Å². The van der Waals surface area contributed by atoms with Gasteiger partial charge >= 0.3 is 0 Å². The molecule has 0 N–H and O–H groups in total. The second kappa shape index (κ2) is 9.17. The highest BCUT2D eigenvalue weighted by Gasteiger charge is 2.23. The van der Waals surface area contributed by atoms with E-state index >= 15 is 0 Å². The van der Waals surface area contributed by atoms with Crippen LogP contribution in [-0.2, 0) is 10.0 Å². The van der Waals surface area contributed by atoms with Gasteiger partial charge in [-0.2, -0.15) is 0 Å². The van der Waals surface area contributed by atoms with E-state index in [-0.39, 0.29) is 5.25 Å². The van der Waals surface area contributed by atoms with Crippen molar-refractivity contribution in [2.75, 3.05) is 73.0 Å². The van der Waals surface area contributed by atoms with Gasteiger partial charge in [-0.1, -0.05) is 6.92 Å². The van der Waals surface area contributed by atoms with Crippen molar-refractivity contribution in [3.63, 3.8) is 0 Å². The standard InChI is InChI=1S/C15H34N4O2S/c1-6-16(4)7-9-18-11-13-19(14-12-18)10-8-17(5)22(20,21)15(2)3/h15H,6-14H2,1-5H3. The fraction of sp³-hybridized carbons (Fsp3) is 1.00. The van der Waals surface area contributed by atoms with Crippen LogP contribution in [0.15, 0.2) is 0 Å². The molecule has 1 rings (SSSR count). The van der Waals surface area contributed by atoms with Crippen LogP contribution in [0.1, 0.15) is 20.8 Å². The quantitative estimate of drug-likeness (QED) is 0.604. The van der Waals surface area contributed by atoms with E-state index in [9.17, 15) is 8.42 Å². The first-order valence-electron chi connectivity index (χ1n) is 8.35. The third-order valence-corrected chi connectivity index (χ3v) is 6.81. The van der Waals surface area contributed by atoms with E-state index < -0.39 is 10.0 Å². The molecule has 0 bridgehead atoms. The zero-order valence-electron chi connectivity index (χ0n) is 15.0. The molecule has 0 saturated carbocycles. The highest BCUT2D eigenvalue weighted by Crippen LogP contribution is 2.07. The second-order valence-corrected chi connectivity index (χ2v) is 9.09. The summed E-state index contributed by atoms with van der Waals surface area (Å²) in [6.45, 7) is 14.6. The van der Waals surface area contributed by atoms with Crippen molar-refractivity contribution in [1.82, 2.24) is 19.0 Å². The number of hydrogen-bond donors (Lipinski definition) is 0. The summed E-state index contributed by atoms with van der Waals surface area (Å²) >= 11 is 0. The summed E-state index contributed by atoms with van der Waals surface area (Å²) in [5, 5.41) is -0.343. The van der Waals surface area contributed by atoms with Crippen molar-refractivity contribution >= 4 is 10.0 Å². The minimum Gasteiger partial charge on any atom is -0.305 e. The Kier molecular flexibility index (Phi) is 8.27. The zero-order valence-corrected chi connectivity index (χ0v) is 15.8. The van der Waals surface area contributed by atoms with E-state index in [4.69, 9.17) is 0 Å². The fourth-order valence-corrected chi connectivity index (χ4v) is 3.53. The number of hydrogen-bond acceptors (Lipinski definition) is 5. The maximum Gasteiger partial charge on any atom is 0.216 e. The van der Waals surface area contributed by atoms with Crippen molar-refractivity contribution in [3.05, 3.63) is 0 Å². The van der Waals surface area contributed by atoms with E-state index in [2.05, 4.69) is 28.7 Å². The highest BCUT2D eigenvalue weighted by atomic mass is 32.2. The molecule has 6 nitrogen and oxygen atoms in total. The average molecular weight is 335 g/mol. The van der Waals surface area contributed by atoms with Gasteiger partial charge in [-0.15, -0.1) is 0 Å². The molecule has 22 heavy (non-hydrogen) atoms. The summed E-state index contributed by atoms with van der Waals surface area (Å²) in [6, 6.07) is 0. The van der Waals surface area contributed by atoms with Crippen molar-refractivity contribution in [1.29, 1.82) is 0 Å². The van der Waals surface area contributed by atoms with Gasteiger partial charge in [0.1, 0.15) is 0 Å². The lowest BCUT2D eigenvalue weighted by molar-refractivity contribution is 0.120. The van der Waals surface area contributed by atoms with Crippen molar-refractivity contribution < 1.29 is 8.42 Å². The Balaban J connectivity index is 2.26. The molecule has 0 radical (unpaired) electrons. The Bertz CT molecular complexity index is 406. The third-order valence-electron chi connectivity index (χ3n) is 4.56. The molecular weight excluding hydrogens is 300 g/mol. The SMILES string of the molecule is CCN(C)CCN1CCN(CCN(C)S(=O)(=O)C(C)C)CC1. The molecule has 0 spiro atoms. The number of rotatable bonds is 9. The molecule has 0 amide bonds. The predicted molar refractivity (Wildman–Crippen MR) is 92.7 cm³/mol. The largest absolute Gasteiger partial charge is 0.305 e. The van der Waals surface area contributed by atoms with Crippen LogP contribution < -0.4 is 0 Å². The number of sulfonamides is 1. The smallest absolute Gasteiger partial charge is 0.216 e. The van der Waals surface area contributed by atoms with Gasteiger partial charge in [-0.25, -0.2) is 12.7 Å². The second-order valence-electron chi connectivity index (χ2n) is 6.49. The van der Waals surface area contributed by atoms with Gasteiger partial charge in [0.15, 0.2) is 0 Å². The lowest BCUT2D eigenvalue weighted by Crippen LogP contribution is -2.50. The maximum atomic E-state index is 12.0. The predicted octanol–water partition coefficient (Wildman–Crippen LogP) is 0.226. The van der Waals surface area contributed by atoms with Gasteiger partial charge in [0.25, 0.3) is 0 Å². The maximum absolute atomic E-state index is 12.0. The Morgan fingerprint density at radius 2 is 1.41 bits per heavy atom. The summed E-state index contributed by atoms with van der Waals surface area (Å²) in [5.74, 6) is 0. The lowest BCUT2D eigenvalue weighted by atomic mass is 10.3. The fourth-order valence-electron chi connectivity index (χ4n) is 2.48. The minimum atomic E-state index is -3.12. The monoisotopic (exact) mass is 334 g/mol. The molecule has 1 aliphatic rings. The van der Waals surface area contributed by atoms with Gasteiger partial charge < -0.3 is 4.90 Å². The lowest BCUT2D eigenvalue weighted by Gasteiger charge is -2.36. The zero-order chi connectivity index (χ0) is 16.8. The van der Waals surface area contributed by atoms with Crippen LogP contribution in [0, 0.1) is 0 Å². The molecule has 1 aliphatic heterocycles. The van der Waals surface area contributed by atoms with Crippen LogP contribution in [0.5, 0.6) is 0 Å². The van der Waals surface area contributed by atoms with Crippen LogP contribution >= 0.6 is 0 Å². The first-order valence-corrected chi connectivity index (χ1v) is 9.86. The van der Waals surface area contributed by atoms with Crippen LogP contribution in [0.4, 0.5) is 0 Å². The summed E-state index contributed by atoms with van der Waals surface area (Å²) in [4.78, 5) is 7.20. The Hall–Kier alpha value is -0.210. The summed E-state index contributed by atoms with van der Waals surface area (Å²) in [7, 11) is 0.722. The molecule has 0 aromatic carbocycles. The third kappa shape index (κ3) is 6.12. The van der Waals surface area contributed by atoms with Gasteiger partial charge in [0, 0.05) is 59.4 Å². The number of piperazine rings is 1. The highest BCUT2D eigenvalue weighted by molar-refractivity contribution is 7.89. The normalized spacial score (nSPS) is 18.7. The van der Waals surface area contributed by atoms with E-state index in [1.807, 2.05) is 0 Å². The van der Waals surface area contributed by atoms with Gasteiger partial charge in [0.2, 0.25) is 10.0 Å². The molecule has 0 aromatic rings. The van der Waals surface area contributed by atoms with E-state index in [0.717, 1.165) is 52.4 Å². The van der Waals surface area contributed by atoms with Gasteiger partial charge in [-0.3, -0.25) is 9.80 Å². The van der Waals surface area contributed by atoms with E-state index in [1.54, 1.807) is 20.9 Å². The molecule has 1 heterocycles. The molecular formula is C15H34N4O2S. The molecule has 0 unspecified atom stereocenters. The van der Waals surface area contributed by atoms with Crippen LogP contribution in [0.3, 0.4) is 0 Å². The Labute approximate surface area is 137 Å². The molecule has 1 saturated heterocycles. The summed E-state index contributed by atoms with van der Waals surface area (Å²) in [5.41, 5.74) is 0. The summed E-state index contributed by atoms with van der Waals surface area (Å²) < 4.78 is 25.6. The molecule has 0 atom stereocenters. The van der Waals surface area contributed by atoms with Crippen molar-refractivity contribution in [2.24, 2.45) is 0 Å². The Morgan fingerprint density at radius 3 is 1.82 bits per heavy atom. The number of nitrogens with zero attached hydrogens (tertiary/aromatic N) is 4. The van der Waals surface area contributed by atoms with Gasteiger partial charge in [0.05, 0.1) is 5.25 Å².